The fourth-order valence-corrected chi connectivity index (χ4v) is 3.86. The van der Waals surface area contributed by atoms with Crippen LogP contribution < -0.4 is 5.73 Å². The van der Waals surface area contributed by atoms with Crippen molar-refractivity contribution >= 4 is 34.1 Å². The summed E-state index contributed by atoms with van der Waals surface area (Å²) in [7, 11) is 0. The molecule has 0 bridgehead atoms. The van der Waals surface area contributed by atoms with E-state index in [1.54, 1.807) is 11.8 Å². The molecule has 0 unspecified atom stereocenters. The molecule has 1 aromatic carbocycles. The molecule has 2 N–H and O–H groups in total. The van der Waals surface area contributed by atoms with E-state index in [9.17, 15) is 4.79 Å². The number of nitrogens with two attached hydrogens (primary N) is 1. The smallest absolute Gasteiger partial charge is 0.253 e. The minimum Gasteiger partial charge on any atom is -0.374 e. The molecule has 1 fully saturated rings. The normalized spacial score (nSPS) is 14.6. The van der Waals surface area contributed by atoms with Gasteiger partial charge in [0.15, 0.2) is 4.34 Å². The summed E-state index contributed by atoms with van der Waals surface area (Å²) in [5.74, 6) is 0.941. The summed E-state index contributed by atoms with van der Waals surface area (Å²) < 4.78 is 0.865. The first-order chi connectivity index (χ1) is 10.2. The van der Waals surface area contributed by atoms with Crippen molar-refractivity contribution in [2.24, 2.45) is 0 Å². The Balaban J connectivity index is 1.59. The summed E-state index contributed by atoms with van der Waals surface area (Å²) in [5, 5.41) is 8.25. The lowest BCUT2D eigenvalue weighted by Crippen LogP contribution is -2.27. The van der Waals surface area contributed by atoms with Crippen molar-refractivity contribution in [3.63, 3.8) is 0 Å². The molecule has 2 aromatic rings. The Morgan fingerprint density at radius 2 is 1.95 bits per heavy atom. The number of carbonyl (C=O) groups is 1. The Morgan fingerprint density at radius 3 is 2.57 bits per heavy atom. The summed E-state index contributed by atoms with van der Waals surface area (Å²) in [4.78, 5) is 14.2. The van der Waals surface area contributed by atoms with Crippen molar-refractivity contribution in [2.45, 2.75) is 22.9 Å². The van der Waals surface area contributed by atoms with E-state index in [1.165, 1.54) is 11.3 Å². The van der Waals surface area contributed by atoms with Crippen molar-refractivity contribution in [1.82, 2.24) is 15.1 Å². The number of carbonyl (C=O) groups excluding carboxylic acids is 1. The van der Waals surface area contributed by atoms with Gasteiger partial charge in [-0.25, -0.2) is 0 Å². The quantitative estimate of drug-likeness (QED) is 0.877. The van der Waals surface area contributed by atoms with E-state index in [4.69, 9.17) is 5.73 Å². The van der Waals surface area contributed by atoms with E-state index in [0.29, 0.717) is 5.13 Å². The zero-order valence-corrected chi connectivity index (χ0v) is 13.1. The molecule has 1 amide bonds. The van der Waals surface area contributed by atoms with Crippen LogP contribution in [0, 0.1) is 0 Å². The van der Waals surface area contributed by atoms with Gasteiger partial charge in [0.1, 0.15) is 0 Å². The van der Waals surface area contributed by atoms with Crippen LogP contribution in [0.15, 0.2) is 28.6 Å². The Morgan fingerprint density at radius 1 is 1.24 bits per heavy atom. The third-order valence-corrected chi connectivity index (χ3v) is 5.34. The molecule has 1 aliphatic heterocycles. The molecule has 1 aromatic heterocycles. The lowest BCUT2D eigenvalue weighted by molar-refractivity contribution is 0.0793. The van der Waals surface area contributed by atoms with Crippen molar-refractivity contribution in [3.8, 4) is 0 Å². The standard InChI is InChI=1S/C14H16N4OS2/c15-13-16-17-14(21-13)20-9-10-3-5-11(6-4-10)12(19)18-7-1-2-8-18/h3-6H,1-2,7-9H2,(H2,15,16). The monoisotopic (exact) mass is 320 g/mol. The number of likely N-dealkylation sites (tertiary alicyclic amines) is 1. The predicted molar refractivity (Wildman–Crippen MR) is 85.5 cm³/mol. The van der Waals surface area contributed by atoms with E-state index in [-0.39, 0.29) is 5.91 Å². The number of aromatic nitrogens is 2. The van der Waals surface area contributed by atoms with Gasteiger partial charge in [0.05, 0.1) is 0 Å². The fourth-order valence-electron chi connectivity index (χ4n) is 2.27. The fraction of sp³-hybridized carbons (Fsp3) is 0.357. The number of amides is 1. The number of benzene rings is 1. The maximum Gasteiger partial charge on any atom is 0.253 e. The van der Waals surface area contributed by atoms with Crippen LogP contribution in [0.25, 0.3) is 0 Å². The van der Waals surface area contributed by atoms with E-state index >= 15 is 0 Å². The van der Waals surface area contributed by atoms with Gasteiger partial charge in [-0.05, 0) is 30.5 Å². The average molecular weight is 320 g/mol. The molecular weight excluding hydrogens is 304 g/mol. The molecule has 2 heterocycles. The summed E-state index contributed by atoms with van der Waals surface area (Å²) in [6.07, 6.45) is 2.23. The van der Waals surface area contributed by atoms with Gasteiger partial charge in [-0.15, -0.1) is 10.2 Å². The molecule has 3 rings (SSSR count). The van der Waals surface area contributed by atoms with Gasteiger partial charge in [0.25, 0.3) is 5.91 Å². The number of anilines is 1. The topological polar surface area (TPSA) is 72.1 Å². The maximum absolute atomic E-state index is 12.2. The van der Waals surface area contributed by atoms with Crippen LogP contribution >= 0.6 is 23.1 Å². The first-order valence-electron chi connectivity index (χ1n) is 6.82. The Bertz CT molecular complexity index is 620. The number of nitrogens with zero attached hydrogens (tertiary/aromatic N) is 3. The Labute approximate surface area is 131 Å². The summed E-state index contributed by atoms with van der Waals surface area (Å²) in [6.45, 7) is 1.77. The van der Waals surface area contributed by atoms with Gasteiger partial charge in [0.2, 0.25) is 5.13 Å². The highest BCUT2D eigenvalue weighted by molar-refractivity contribution is 8.00. The average Bonchev–Trinajstić information content (AvgIpc) is 3.16. The van der Waals surface area contributed by atoms with Crippen LogP contribution in [-0.2, 0) is 5.75 Å². The minimum atomic E-state index is 0.142. The molecule has 0 atom stereocenters. The Kier molecular flexibility index (Phi) is 4.40. The second-order valence-electron chi connectivity index (χ2n) is 4.89. The van der Waals surface area contributed by atoms with Crippen LogP contribution in [0.2, 0.25) is 0 Å². The van der Waals surface area contributed by atoms with Crippen LogP contribution in [0.5, 0.6) is 0 Å². The summed E-state index contributed by atoms with van der Waals surface area (Å²) in [6, 6.07) is 7.82. The van der Waals surface area contributed by atoms with Crippen molar-refractivity contribution < 1.29 is 4.79 Å². The highest BCUT2D eigenvalue weighted by Crippen LogP contribution is 2.27. The van der Waals surface area contributed by atoms with Crippen LogP contribution in [0.4, 0.5) is 5.13 Å². The van der Waals surface area contributed by atoms with Crippen molar-refractivity contribution in [2.75, 3.05) is 18.8 Å². The zero-order valence-electron chi connectivity index (χ0n) is 11.5. The zero-order chi connectivity index (χ0) is 14.7. The molecule has 5 nitrogen and oxygen atoms in total. The van der Waals surface area contributed by atoms with Gasteiger partial charge < -0.3 is 10.6 Å². The van der Waals surface area contributed by atoms with Gasteiger partial charge >= 0.3 is 0 Å². The second-order valence-corrected chi connectivity index (χ2v) is 7.12. The van der Waals surface area contributed by atoms with Crippen molar-refractivity contribution in [3.05, 3.63) is 35.4 Å². The van der Waals surface area contributed by atoms with E-state index in [2.05, 4.69) is 10.2 Å². The molecular formula is C14H16N4OS2. The molecule has 21 heavy (non-hydrogen) atoms. The highest BCUT2D eigenvalue weighted by atomic mass is 32.2. The maximum atomic E-state index is 12.2. The van der Waals surface area contributed by atoms with Crippen LogP contribution in [-0.4, -0.2) is 34.1 Å². The number of nitrogen functional groups attached to an aromatic ring is 1. The largest absolute Gasteiger partial charge is 0.374 e. The van der Waals surface area contributed by atoms with E-state index < -0.39 is 0 Å². The molecule has 0 aliphatic carbocycles. The Hall–Kier alpha value is -1.60. The minimum absolute atomic E-state index is 0.142. The van der Waals surface area contributed by atoms with Gasteiger partial charge in [0, 0.05) is 24.4 Å². The molecule has 0 spiro atoms. The molecule has 1 saturated heterocycles. The highest BCUT2D eigenvalue weighted by Gasteiger charge is 2.19. The number of thioether (sulfide) groups is 1. The summed E-state index contributed by atoms with van der Waals surface area (Å²) >= 11 is 2.99. The van der Waals surface area contributed by atoms with E-state index in [0.717, 1.165) is 47.2 Å². The molecule has 110 valence electrons. The SMILES string of the molecule is Nc1nnc(SCc2ccc(C(=O)N3CCCC3)cc2)s1. The first-order valence-corrected chi connectivity index (χ1v) is 8.62. The van der Waals surface area contributed by atoms with Crippen LogP contribution in [0.1, 0.15) is 28.8 Å². The predicted octanol–water partition coefficient (Wildman–Crippen LogP) is 2.65. The van der Waals surface area contributed by atoms with Crippen molar-refractivity contribution in [1.29, 1.82) is 0 Å². The first kappa shape index (κ1) is 14.3. The summed E-state index contributed by atoms with van der Waals surface area (Å²) in [5.41, 5.74) is 7.48. The van der Waals surface area contributed by atoms with Gasteiger partial charge in [-0.1, -0.05) is 35.2 Å². The second kappa shape index (κ2) is 6.44. The lowest BCUT2D eigenvalue weighted by Gasteiger charge is -2.15. The molecule has 7 heteroatoms. The molecule has 0 radical (unpaired) electrons. The van der Waals surface area contributed by atoms with Gasteiger partial charge in [-0.3, -0.25) is 4.79 Å². The van der Waals surface area contributed by atoms with Gasteiger partial charge in [-0.2, -0.15) is 0 Å². The number of hydrogen-bond donors (Lipinski definition) is 1. The third-order valence-electron chi connectivity index (χ3n) is 3.38. The third kappa shape index (κ3) is 3.54. The number of hydrogen-bond acceptors (Lipinski definition) is 6. The molecule has 0 saturated carbocycles. The van der Waals surface area contributed by atoms with Crippen LogP contribution in [0.3, 0.4) is 0 Å². The lowest BCUT2D eigenvalue weighted by atomic mass is 10.1. The van der Waals surface area contributed by atoms with E-state index in [1.807, 2.05) is 29.2 Å². The molecule has 1 aliphatic rings. The number of rotatable bonds is 4.